The highest BCUT2D eigenvalue weighted by molar-refractivity contribution is 5.76. The lowest BCUT2D eigenvalue weighted by molar-refractivity contribution is -0.118. The van der Waals surface area contributed by atoms with E-state index in [9.17, 15) is 9.18 Å². The van der Waals surface area contributed by atoms with E-state index in [1.54, 1.807) is 13.0 Å². The van der Waals surface area contributed by atoms with Crippen molar-refractivity contribution in [1.29, 1.82) is 0 Å². The normalized spacial score (nSPS) is 20.0. The van der Waals surface area contributed by atoms with Gasteiger partial charge in [0.1, 0.15) is 5.78 Å². The zero-order valence-electron chi connectivity index (χ0n) is 12.9. The smallest absolute Gasteiger partial charge is 0.165 e. The van der Waals surface area contributed by atoms with E-state index in [0.29, 0.717) is 13.0 Å². The van der Waals surface area contributed by atoms with Crippen LogP contribution in [0.25, 0.3) is 0 Å². The van der Waals surface area contributed by atoms with Gasteiger partial charge in [0.15, 0.2) is 11.6 Å². The third-order valence-corrected chi connectivity index (χ3v) is 4.12. The van der Waals surface area contributed by atoms with Gasteiger partial charge in [0.05, 0.1) is 7.11 Å². The third kappa shape index (κ3) is 4.53. The first-order valence-corrected chi connectivity index (χ1v) is 7.66. The summed E-state index contributed by atoms with van der Waals surface area (Å²) in [5, 5.41) is 0. The molecule has 0 radical (unpaired) electrons. The largest absolute Gasteiger partial charge is 0.494 e. The molecule has 0 aliphatic carbocycles. The van der Waals surface area contributed by atoms with Gasteiger partial charge in [0.25, 0.3) is 0 Å². The van der Waals surface area contributed by atoms with Crippen LogP contribution in [0.2, 0.25) is 0 Å². The quantitative estimate of drug-likeness (QED) is 0.831. The minimum Gasteiger partial charge on any atom is -0.494 e. The number of halogens is 1. The first-order chi connectivity index (χ1) is 10.1. The number of methoxy groups -OCH3 is 1. The van der Waals surface area contributed by atoms with Gasteiger partial charge >= 0.3 is 0 Å². The van der Waals surface area contributed by atoms with Gasteiger partial charge in [0.2, 0.25) is 0 Å². The fourth-order valence-electron chi connectivity index (χ4n) is 3.05. The number of hydrogen-bond acceptors (Lipinski definition) is 3. The zero-order chi connectivity index (χ0) is 15.2. The number of Topliss-reactive ketones (excluding diaryl/α,β-unsaturated/α-hetero) is 1. The second kappa shape index (κ2) is 7.55. The average molecular weight is 293 g/mol. The number of ether oxygens (including phenoxy) is 1. The Hall–Kier alpha value is -1.42. The Kier molecular flexibility index (Phi) is 5.74. The van der Waals surface area contributed by atoms with E-state index >= 15 is 0 Å². The van der Waals surface area contributed by atoms with Crippen molar-refractivity contribution in [1.82, 2.24) is 4.90 Å². The van der Waals surface area contributed by atoms with Gasteiger partial charge in [-0.1, -0.05) is 18.9 Å². The fourth-order valence-corrected chi connectivity index (χ4v) is 3.05. The molecule has 21 heavy (non-hydrogen) atoms. The molecule has 1 aliphatic heterocycles. The monoisotopic (exact) mass is 293 g/mol. The van der Waals surface area contributed by atoms with E-state index in [0.717, 1.165) is 24.9 Å². The number of nitrogens with zero attached hydrogens (tertiary/aromatic N) is 1. The summed E-state index contributed by atoms with van der Waals surface area (Å²) in [4.78, 5) is 13.8. The molecule has 1 aromatic carbocycles. The highest BCUT2D eigenvalue weighted by atomic mass is 19.1. The summed E-state index contributed by atoms with van der Waals surface area (Å²) in [6.45, 7) is 3.32. The van der Waals surface area contributed by atoms with Crippen molar-refractivity contribution < 1.29 is 13.9 Å². The Bertz CT molecular complexity index is 490. The molecular formula is C17H24FNO2. The van der Waals surface area contributed by atoms with Crippen LogP contribution in [-0.4, -0.2) is 30.4 Å². The van der Waals surface area contributed by atoms with Crippen LogP contribution in [0.15, 0.2) is 18.2 Å². The Morgan fingerprint density at radius 1 is 1.38 bits per heavy atom. The molecule has 1 aromatic rings. The standard InChI is InChI=1S/C17H24FNO2/c1-13(20)10-15-6-4-3-5-9-19(15)12-14-7-8-17(21-2)16(18)11-14/h7-8,11,15H,3-6,9-10,12H2,1-2H3. The van der Waals surface area contributed by atoms with Crippen molar-refractivity contribution in [3.8, 4) is 5.75 Å². The lowest BCUT2D eigenvalue weighted by Crippen LogP contribution is -2.35. The summed E-state index contributed by atoms with van der Waals surface area (Å²) in [5.74, 6) is 0.177. The van der Waals surface area contributed by atoms with Gasteiger partial charge in [-0.25, -0.2) is 4.39 Å². The molecule has 1 aliphatic rings. The number of likely N-dealkylation sites (tertiary alicyclic amines) is 1. The van der Waals surface area contributed by atoms with Crippen LogP contribution in [0.1, 0.15) is 44.6 Å². The Morgan fingerprint density at radius 3 is 2.86 bits per heavy atom. The highest BCUT2D eigenvalue weighted by Crippen LogP contribution is 2.24. The van der Waals surface area contributed by atoms with Crippen LogP contribution in [0.3, 0.4) is 0 Å². The van der Waals surface area contributed by atoms with Crippen molar-refractivity contribution in [2.45, 2.75) is 51.6 Å². The van der Waals surface area contributed by atoms with E-state index < -0.39 is 0 Å². The summed E-state index contributed by atoms with van der Waals surface area (Å²) in [6, 6.07) is 5.39. The van der Waals surface area contributed by atoms with Crippen molar-refractivity contribution in [3.63, 3.8) is 0 Å². The second-order valence-corrected chi connectivity index (χ2v) is 5.85. The Morgan fingerprint density at radius 2 is 2.19 bits per heavy atom. The van der Waals surface area contributed by atoms with Gasteiger partial charge in [-0.3, -0.25) is 9.69 Å². The molecule has 1 unspecified atom stereocenters. The van der Waals surface area contributed by atoms with Crippen molar-refractivity contribution in [3.05, 3.63) is 29.6 Å². The Labute approximate surface area is 126 Å². The fraction of sp³-hybridized carbons (Fsp3) is 0.588. The topological polar surface area (TPSA) is 29.5 Å². The summed E-state index contributed by atoms with van der Waals surface area (Å²) in [6.07, 6.45) is 5.18. The molecule has 0 bridgehead atoms. The predicted octanol–water partition coefficient (Wildman–Crippen LogP) is 3.56. The van der Waals surface area contributed by atoms with Crippen molar-refractivity contribution >= 4 is 5.78 Å². The lowest BCUT2D eigenvalue weighted by atomic mass is 10.0. The number of carbonyl (C=O) groups excluding carboxylic acids is 1. The maximum atomic E-state index is 13.8. The molecule has 2 rings (SSSR count). The van der Waals surface area contributed by atoms with Crippen molar-refractivity contribution in [2.75, 3.05) is 13.7 Å². The summed E-state index contributed by atoms with van der Waals surface area (Å²) in [7, 11) is 1.47. The first kappa shape index (κ1) is 16.0. The molecule has 0 spiro atoms. The van der Waals surface area contributed by atoms with Crippen LogP contribution < -0.4 is 4.74 Å². The van der Waals surface area contributed by atoms with Crippen LogP contribution >= 0.6 is 0 Å². The van der Waals surface area contributed by atoms with Gasteiger partial charge < -0.3 is 4.74 Å². The molecule has 0 N–H and O–H groups in total. The Balaban J connectivity index is 2.10. The number of hydrogen-bond donors (Lipinski definition) is 0. The number of rotatable bonds is 5. The molecule has 1 heterocycles. The molecule has 0 amide bonds. The number of benzene rings is 1. The molecule has 3 nitrogen and oxygen atoms in total. The van der Waals surface area contributed by atoms with Gasteiger partial charge in [-0.2, -0.15) is 0 Å². The summed E-state index contributed by atoms with van der Waals surface area (Å²) < 4.78 is 18.7. The predicted molar refractivity (Wildman–Crippen MR) is 80.9 cm³/mol. The first-order valence-electron chi connectivity index (χ1n) is 7.66. The van der Waals surface area contributed by atoms with Crippen molar-refractivity contribution in [2.24, 2.45) is 0 Å². The van der Waals surface area contributed by atoms with E-state index in [1.165, 1.54) is 26.0 Å². The maximum absolute atomic E-state index is 13.8. The minimum absolute atomic E-state index is 0.229. The van der Waals surface area contributed by atoms with Crippen LogP contribution in [-0.2, 0) is 11.3 Å². The molecule has 0 aromatic heterocycles. The SMILES string of the molecule is COc1ccc(CN2CCCCCC2CC(C)=O)cc1F. The average Bonchev–Trinajstić information content (AvgIpc) is 2.64. The molecule has 0 saturated carbocycles. The lowest BCUT2D eigenvalue weighted by Gasteiger charge is -2.29. The minimum atomic E-state index is -0.326. The van der Waals surface area contributed by atoms with E-state index in [2.05, 4.69) is 4.90 Å². The molecule has 4 heteroatoms. The molecular weight excluding hydrogens is 269 g/mol. The van der Waals surface area contributed by atoms with E-state index in [-0.39, 0.29) is 23.4 Å². The van der Waals surface area contributed by atoms with E-state index in [1.807, 2.05) is 6.07 Å². The van der Waals surface area contributed by atoms with Crippen LogP contribution in [0.5, 0.6) is 5.75 Å². The number of carbonyl (C=O) groups is 1. The third-order valence-electron chi connectivity index (χ3n) is 4.12. The highest BCUT2D eigenvalue weighted by Gasteiger charge is 2.22. The molecule has 116 valence electrons. The van der Waals surface area contributed by atoms with Gasteiger partial charge in [0, 0.05) is 19.0 Å². The molecule has 1 saturated heterocycles. The number of ketones is 1. The van der Waals surface area contributed by atoms with E-state index in [4.69, 9.17) is 4.74 Å². The summed E-state index contributed by atoms with van der Waals surface area (Å²) >= 11 is 0. The molecule has 1 fully saturated rings. The van der Waals surface area contributed by atoms with Crippen LogP contribution in [0.4, 0.5) is 4.39 Å². The second-order valence-electron chi connectivity index (χ2n) is 5.85. The maximum Gasteiger partial charge on any atom is 0.165 e. The summed E-state index contributed by atoms with van der Waals surface area (Å²) in [5.41, 5.74) is 0.934. The molecule has 1 atom stereocenters. The van der Waals surface area contributed by atoms with Crippen LogP contribution in [0, 0.1) is 5.82 Å². The van der Waals surface area contributed by atoms with Gasteiger partial charge in [-0.05, 0) is 44.0 Å². The van der Waals surface area contributed by atoms with Gasteiger partial charge in [-0.15, -0.1) is 0 Å². The zero-order valence-corrected chi connectivity index (χ0v) is 12.9.